The summed E-state index contributed by atoms with van der Waals surface area (Å²) in [5.41, 5.74) is 0.927. The third-order valence-electron chi connectivity index (χ3n) is 2.84. The Kier molecular flexibility index (Phi) is 4.68. The monoisotopic (exact) mass is 354 g/mol. The lowest BCUT2D eigenvalue weighted by atomic mass is 10.0. The van der Waals surface area contributed by atoms with Crippen LogP contribution in [0.4, 0.5) is 0 Å². The maximum Gasteiger partial charge on any atom is 0.194 e. The van der Waals surface area contributed by atoms with Gasteiger partial charge in [-0.05, 0) is 46.3 Å². The predicted octanol–water partition coefficient (Wildman–Crippen LogP) is 4.35. The number of hydrogen-bond acceptors (Lipinski definition) is 3. The fourth-order valence-electron chi connectivity index (χ4n) is 1.81. The first-order valence-electron chi connectivity index (χ1n) is 5.79. The second kappa shape index (κ2) is 6.29. The van der Waals surface area contributed by atoms with Gasteiger partial charge in [0, 0.05) is 15.6 Å². The van der Waals surface area contributed by atoms with Gasteiger partial charge in [-0.1, -0.05) is 17.7 Å². The molecule has 0 atom stereocenters. The largest absolute Gasteiger partial charge is 0.493 e. The summed E-state index contributed by atoms with van der Waals surface area (Å²) in [5, 5.41) is 0.396. The van der Waals surface area contributed by atoms with Crippen LogP contribution in [0.2, 0.25) is 5.02 Å². The zero-order valence-electron chi connectivity index (χ0n) is 10.9. The van der Waals surface area contributed by atoms with E-state index in [-0.39, 0.29) is 5.78 Å². The lowest BCUT2D eigenvalue weighted by Crippen LogP contribution is -2.03. The molecule has 0 amide bonds. The molecule has 0 heterocycles. The lowest BCUT2D eigenvalue weighted by molar-refractivity contribution is 0.103. The van der Waals surface area contributed by atoms with Gasteiger partial charge < -0.3 is 9.47 Å². The van der Waals surface area contributed by atoms with E-state index < -0.39 is 0 Å². The average molecular weight is 356 g/mol. The van der Waals surface area contributed by atoms with Crippen molar-refractivity contribution in [3.8, 4) is 11.5 Å². The standard InChI is InChI=1S/C15H12BrClO3/c1-19-12-7-6-9(8-13(12)20-2)15(18)10-4-3-5-11(16)14(10)17/h3-8H,1-2H3. The predicted molar refractivity (Wildman–Crippen MR) is 82.1 cm³/mol. The van der Waals surface area contributed by atoms with Gasteiger partial charge in [0.2, 0.25) is 0 Å². The third-order valence-corrected chi connectivity index (χ3v) is 4.14. The number of rotatable bonds is 4. The van der Waals surface area contributed by atoms with Crippen LogP contribution in [-0.4, -0.2) is 20.0 Å². The number of ether oxygens (including phenoxy) is 2. The number of methoxy groups -OCH3 is 2. The Morgan fingerprint density at radius 2 is 1.80 bits per heavy atom. The molecule has 3 nitrogen and oxygen atoms in total. The summed E-state index contributed by atoms with van der Waals surface area (Å²) in [6, 6.07) is 10.3. The number of hydrogen-bond donors (Lipinski definition) is 0. The van der Waals surface area contributed by atoms with E-state index in [2.05, 4.69) is 15.9 Å². The summed E-state index contributed by atoms with van der Waals surface area (Å²) in [7, 11) is 3.07. The van der Waals surface area contributed by atoms with Crippen LogP contribution < -0.4 is 9.47 Å². The molecule has 0 aliphatic carbocycles. The minimum absolute atomic E-state index is 0.169. The Bertz CT molecular complexity index is 656. The van der Waals surface area contributed by atoms with E-state index in [0.717, 1.165) is 0 Å². The van der Waals surface area contributed by atoms with Crippen molar-refractivity contribution >= 4 is 33.3 Å². The van der Waals surface area contributed by atoms with Crippen molar-refractivity contribution in [1.29, 1.82) is 0 Å². The van der Waals surface area contributed by atoms with E-state index in [9.17, 15) is 4.79 Å². The highest BCUT2D eigenvalue weighted by atomic mass is 79.9. The van der Waals surface area contributed by atoms with Gasteiger partial charge in [-0.2, -0.15) is 0 Å². The molecule has 0 bridgehead atoms. The summed E-state index contributed by atoms with van der Waals surface area (Å²) in [4.78, 5) is 12.5. The fourth-order valence-corrected chi connectivity index (χ4v) is 2.39. The van der Waals surface area contributed by atoms with Gasteiger partial charge in [-0.25, -0.2) is 0 Å². The Morgan fingerprint density at radius 1 is 1.10 bits per heavy atom. The number of benzene rings is 2. The second-order valence-corrected chi connectivity index (χ2v) is 5.23. The summed E-state index contributed by atoms with van der Waals surface area (Å²) in [5.74, 6) is 0.908. The summed E-state index contributed by atoms with van der Waals surface area (Å²) >= 11 is 9.46. The number of ketones is 1. The van der Waals surface area contributed by atoms with Crippen molar-refractivity contribution in [1.82, 2.24) is 0 Å². The molecular formula is C15H12BrClO3. The number of carbonyl (C=O) groups is 1. The van der Waals surface area contributed by atoms with Gasteiger partial charge in [0.05, 0.1) is 19.2 Å². The molecule has 20 heavy (non-hydrogen) atoms. The molecule has 0 spiro atoms. The van der Waals surface area contributed by atoms with Gasteiger partial charge in [-0.15, -0.1) is 0 Å². The van der Waals surface area contributed by atoms with Crippen LogP contribution in [0.5, 0.6) is 11.5 Å². The maximum absolute atomic E-state index is 12.5. The molecule has 0 aliphatic rings. The molecule has 0 radical (unpaired) electrons. The number of carbonyl (C=O) groups excluding carboxylic acids is 1. The quantitative estimate of drug-likeness (QED) is 0.765. The molecule has 0 saturated carbocycles. The second-order valence-electron chi connectivity index (χ2n) is 4.00. The molecule has 2 aromatic rings. The highest BCUT2D eigenvalue weighted by Crippen LogP contribution is 2.31. The van der Waals surface area contributed by atoms with Crippen molar-refractivity contribution in [2.45, 2.75) is 0 Å². The minimum atomic E-state index is -0.169. The molecule has 0 aliphatic heterocycles. The van der Waals surface area contributed by atoms with Crippen molar-refractivity contribution in [3.63, 3.8) is 0 Å². The number of halogens is 2. The van der Waals surface area contributed by atoms with Gasteiger partial charge in [0.25, 0.3) is 0 Å². The van der Waals surface area contributed by atoms with Crippen LogP contribution in [0.25, 0.3) is 0 Å². The zero-order valence-corrected chi connectivity index (χ0v) is 13.3. The topological polar surface area (TPSA) is 35.5 Å². The van der Waals surface area contributed by atoms with Crippen LogP contribution in [0.3, 0.4) is 0 Å². The molecule has 2 rings (SSSR count). The fraction of sp³-hybridized carbons (Fsp3) is 0.133. The van der Waals surface area contributed by atoms with E-state index in [1.54, 1.807) is 43.5 Å². The Hall–Kier alpha value is -1.52. The van der Waals surface area contributed by atoms with Crippen LogP contribution in [-0.2, 0) is 0 Å². The summed E-state index contributed by atoms with van der Waals surface area (Å²) in [6.45, 7) is 0. The van der Waals surface area contributed by atoms with Crippen molar-refractivity contribution in [3.05, 3.63) is 57.0 Å². The first-order valence-corrected chi connectivity index (χ1v) is 6.96. The Morgan fingerprint density at radius 3 is 2.45 bits per heavy atom. The van der Waals surface area contributed by atoms with E-state index in [1.807, 2.05) is 0 Å². The summed E-state index contributed by atoms with van der Waals surface area (Å²) in [6.07, 6.45) is 0. The van der Waals surface area contributed by atoms with E-state index >= 15 is 0 Å². The Balaban J connectivity index is 2.46. The molecule has 0 fully saturated rings. The highest BCUT2D eigenvalue weighted by Gasteiger charge is 2.16. The maximum atomic E-state index is 12.5. The normalized spacial score (nSPS) is 10.2. The van der Waals surface area contributed by atoms with Crippen LogP contribution >= 0.6 is 27.5 Å². The van der Waals surface area contributed by atoms with E-state index in [1.165, 1.54) is 7.11 Å². The minimum Gasteiger partial charge on any atom is -0.493 e. The van der Waals surface area contributed by atoms with Gasteiger partial charge in [0.15, 0.2) is 17.3 Å². The first kappa shape index (κ1) is 14.9. The summed E-state index contributed by atoms with van der Waals surface area (Å²) < 4.78 is 11.0. The van der Waals surface area contributed by atoms with E-state index in [4.69, 9.17) is 21.1 Å². The molecular weight excluding hydrogens is 344 g/mol. The molecule has 0 aromatic heterocycles. The van der Waals surface area contributed by atoms with Gasteiger partial charge >= 0.3 is 0 Å². The smallest absolute Gasteiger partial charge is 0.194 e. The first-order chi connectivity index (χ1) is 9.58. The van der Waals surface area contributed by atoms with E-state index in [0.29, 0.717) is 32.1 Å². The van der Waals surface area contributed by atoms with Crippen molar-refractivity contribution < 1.29 is 14.3 Å². The van der Waals surface area contributed by atoms with Crippen LogP contribution in [0.15, 0.2) is 40.9 Å². The Labute approximate surface area is 130 Å². The lowest BCUT2D eigenvalue weighted by Gasteiger charge is -2.10. The zero-order chi connectivity index (χ0) is 14.7. The van der Waals surface area contributed by atoms with Crippen molar-refractivity contribution in [2.75, 3.05) is 14.2 Å². The van der Waals surface area contributed by atoms with Crippen LogP contribution in [0.1, 0.15) is 15.9 Å². The molecule has 0 saturated heterocycles. The average Bonchev–Trinajstić information content (AvgIpc) is 2.48. The molecule has 2 aromatic carbocycles. The molecule has 0 unspecified atom stereocenters. The highest BCUT2D eigenvalue weighted by molar-refractivity contribution is 9.10. The molecule has 104 valence electrons. The third kappa shape index (κ3) is 2.81. The van der Waals surface area contributed by atoms with Gasteiger partial charge in [-0.3, -0.25) is 4.79 Å². The molecule has 0 N–H and O–H groups in total. The SMILES string of the molecule is COc1ccc(C(=O)c2cccc(Br)c2Cl)cc1OC. The van der Waals surface area contributed by atoms with Crippen LogP contribution in [0, 0.1) is 0 Å². The van der Waals surface area contributed by atoms with Gasteiger partial charge in [0.1, 0.15) is 0 Å². The molecule has 5 heteroatoms. The van der Waals surface area contributed by atoms with Crippen molar-refractivity contribution in [2.24, 2.45) is 0 Å².